The molecule has 1 aromatic heterocycles. The van der Waals surface area contributed by atoms with Crippen LogP contribution in [0.2, 0.25) is 0 Å². The Hall–Kier alpha value is -0.830. The molecule has 0 aliphatic rings. The summed E-state index contributed by atoms with van der Waals surface area (Å²) in [5.41, 5.74) is 0. The molecule has 1 heterocycles. The Balaban J connectivity index is 2.73. The Morgan fingerprint density at radius 1 is 1.64 bits per heavy atom. The van der Waals surface area contributed by atoms with E-state index in [1.54, 1.807) is 6.07 Å². The highest BCUT2D eigenvalue weighted by Gasteiger charge is 2.05. The normalized spacial score (nSPS) is 9.91. The van der Waals surface area contributed by atoms with Crippen LogP contribution in [0.4, 0.5) is 0 Å². The lowest BCUT2D eigenvalue weighted by Gasteiger charge is -1.87. The number of aromatic carboxylic acids is 1. The predicted octanol–water partition coefficient (Wildman–Crippen LogP) is 2.40. The smallest absolute Gasteiger partial charge is 0.345 e. The summed E-state index contributed by atoms with van der Waals surface area (Å²) in [5.74, 6) is -0.822. The summed E-state index contributed by atoms with van der Waals surface area (Å²) in [4.78, 5) is 12.0. The highest BCUT2D eigenvalue weighted by atomic mass is 32.1. The molecule has 0 saturated heterocycles. The Bertz CT molecular complexity index is 252. The van der Waals surface area contributed by atoms with Gasteiger partial charge in [0.2, 0.25) is 0 Å². The number of carboxylic acid groups (broad SMARTS) is 1. The van der Waals surface area contributed by atoms with E-state index in [2.05, 4.69) is 6.92 Å². The van der Waals surface area contributed by atoms with E-state index in [9.17, 15) is 4.79 Å². The largest absolute Gasteiger partial charge is 0.477 e. The third-order valence-electron chi connectivity index (χ3n) is 1.37. The topological polar surface area (TPSA) is 37.3 Å². The van der Waals surface area contributed by atoms with Gasteiger partial charge in [0.25, 0.3) is 0 Å². The second-order valence-corrected chi connectivity index (χ2v) is 3.49. The number of carbonyl (C=O) groups is 1. The first kappa shape index (κ1) is 8.27. The van der Waals surface area contributed by atoms with Crippen LogP contribution in [0.25, 0.3) is 0 Å². The van der Waals surface area contributed by atoms with Gasteiger partial charge in [0.15, 0.2) is 0 Å². The van der Waals surface area contributed by atoms with Gasteiger partial charge in [-0.25, -0.2) is 4.79 Å². The van der Waals surface area contributed by atoms with Gasteiger partial charge in [-0.3, -0.25) is 0 Å². The van der Waals surface area contributed by atoms with Crippen LogP contribution in [0.3, 0.4) is 0 Å². The summed E-state index contributed by atoms with van der Waals surface area (Å²) in [6.07, 6.45) is 2.05. The van der Waals surface area contributed by atoms with Gasteiger partial charge >= 0.3 is 5.97 Å². The molecule has 0 fully saturated rings. The van der Waals surface area contributed by atoms with Crippen LogP contribution in [0, 0.1) is 0 Å². The minimum atomic E-state index is -0.822. The molecule has 3 heteroatoms. The molecule has 0 radical (unpaired) electrons. The van der Waals surface area contributed by atoms with Crippen molar-refractivity contribution in [2.45, 2.75) is 19.8 Å². The SMILES string of the molecule is CCCc1ccc(C(=O)O)s1. The van der Waals surface area contributed by atoms with Crippen molar-refractivity contribution in [3.63, 3.8) is 0 Å². The van der Waals surface area contributed by atoms with Crippen LogP contribution in [0.15, 0.2) is 12.1 Å². The number of carboxylic acids is 1. The van der Waals surface area contributed by atoms with E-state index in [1.165, 1.54) is 11.3 Å². The summed E-state index contributed by atoms with van der Waals surface area (Å²) >= 11 is 1.37. The average molecular weight is 170 g/mol. The zero-order valence-electron chi connectivity index (χ0n) is 6.33. The Kier molecular flexibility index (Phi) is 2.65. The molecule has 0 aromatic carbocycles. The molecular formula is C8H10O2S. The highest BCUT2D eigenvalue weighted by molar-refractivity contribution is 7.13. The predicted molar refractivity (Wildman–Crippen MR) is 45.3 cm³/mol. The summed E-state index contributed by atoms with van der Waals surface area (Å²) in [6.45, 7) is 2.08. The summed E-state index contributed by atoms with van der Waals surface area (Å²) in [6, 6.07) is 3.55. The van der Waals surface area contributed by atoms with E-state index in [1.807, 2.05) is 6.07 Å². The molecule has 1 rings (SSSR count). The van der Waals surface area contributed by atoms with E-state index >= 15 is 0 Å². The summed E-state index contributed by atoms with van der Waals surface area (Å²) in [5, 5.41) is 8.58. The first-order valence-corrected chi connectivity index (χ1v) is 4.37. The zero-order valence-corrected chi connectivity index (χ0v) is 7.15. The van der Waals surface area contributed by atoms with Gasteiger partial charge in [0, 0.05) is 4.88 Å². The minimum Gasteiger partial charge on any atom is -0.477 e. The number of thiophene rings is 1. The van der Waals surface area contributed by atoms with Gasteiger partial charge in [-0.1, -0.05) is 13.3 Å². The fourth-order valence-electron chi connectivity index (χ4n) is 0.874. The molecule has 0 atom stereocenters. The maximum atomic E-state index is 10.4. The molecular weight excluding hydrogens is 160 g/mol. The molecule has 0 amide bonds. The maximum Gasteiger partial charge on any atom is 0.345 e. The fraction of sp³-hybridized carbons (Fsp3) is 0.375. The van der Waals surface area contributed by atoms with Crippen LogP contribution >= 0.6 is 11.3 Å². The number of aryl methyl sites for hydroxylation is 1. The van der Waals surface area contributed by atoms with E-state index < -0.39 is 5.97 Å². The lowest BCUT2D eigenvalue weighted by Crippen LogP contribution is -1.89. The standard InChI is InChI=1S/C8H10O2S/c1-2-3-6-4-5-7(11-6)8(9)10/h4-5H,2-3H2,1H3,(H,9,10). The van der Waals surface area contributed by atoms with Crippen molar-refractivity contribution in [1.29, 1.82) is 0 Å². The molecule has 0 aliphatic heterocycles. The average Bonchev–Trinajstić information content (AvgIpc) is 2.37. The van der Waals surface area contributed by atoms with Crippen molar-refractivity contribution in [1.82, 2.24) is 0 Å². The number of hydrogen-bond donors (Lipinski definition) is 1. The van der Waals surface area contributed by atoms with E-state index in [0.717, 1.165) is 17.7 Å². The molecule has 0 bridgehead atoms. The molecule has 0 spiro atoms. The first-order valence-electron chi connectivity index (χ1n) is 3.56. The highest BCUT2D eigenvalue weighted by Crippen LogP contribution is 2.17. The lowest BCUT2D eigenvalue weighted by molar-refractivity contribution is 0.0702. The van der Waals surface area contributed by atoms with Gasteiger partial charge in [-0.05, 0) is 18.6 Å². The molecule has 1 aromatic rings. The third kappa shape index (κ3) is 2.05. The first-order chi connectivity index (χ1) is 5.24. The van der Waals surface area contributed by atoms with Crippen molar-refractivity contribution in [3.05, 3.63) is 21.9 Å². The Labute approximate surface area is 69.5 Å². The molecule has 11 heavy (non-hydrogen) atoms. The van der Waals surface area contributed by atoms with E-state index in [-0.39, 0.29) is 0 Å². The maximum absolute atomic E-state index is 10.4. The van der Waals surface area contributed by atoms with Crippen LogP contribution in [-0.2, 0) is 6.42 Å². The second-order valence-electron chi connectivity index (χ2n) is 2.32. The van der Waals surface area contributed by atoms with Crippen molar-refractivity contribution in [2.75, 3.05) is 0 Å². The molecule has 0 unspecified atom stereocenters. The third-order valence-corrected chi connectivity index (χ3v) is 2.50. The molecule has 0 aliphatic carbocycles. The van der Waals surface area contributed by atoms with Crippen LogP contribution < -0.4 is 0 Å². The van der Waals surface area contributed by atoms with E-state index in [0.29, 0.717) is 4.88 Å². The number of rotatable bonds is 3. The van der Waals surface area contributed by atoms with Gasteiger partial charge in [0.1, 0.15) is 4.88 Å². The van der Waals surface area contributed by atoms with Gasteiger partial charge in [0.05, 0.1) is 0 Å². The van der Waals surface area contributed by atoms with Crippen LogP contribution in [0.5, 0.6) is 0 Å². The Morgan fingerprint density at radius 3 is 2.82 bits per heavy atom. The Morgan fingerprint density at radius 2 is 2.36 bits per heavy atom. The van der Waals surface area contributed by atoms with Crippen molar-refractivity contribution in [2.24, 2.45) is 0 Å². The molecule has 1 N–H and O–H groups in total. The van der Waals surface area contributed by atoms with Gasteiger partial charge < -0.3 is 5.11 Å². The zero-order chi connectivity index (χ0) is 8.27. The van der Waals surface area contributed by atoms with Crippen molar-refractivity contribution >= 4 is 17.3 Å². The molecule has 2 nitrogen and oxygen atoms in total. The summed E-state index contributed by atoms with van der Waals surface area (Å²) in [7, 11) is 0. The monoisotopic (exact) mass is 170 g/mol. The lowest BCUT2D eigenvalue weighted by atomic mass is 10.3. The van der Waals surface area contributed by atoms with E-state index in [4.69, 9.17) is 5.11 Å². The second kappa shape index (κ2) is 3.53. The van der Waals surface area contributed by atoms with Crippen LogP contribution in [-0.4, -0.2) is 11.1 Å². The molecule has 60 valence electrons. The van der Waals surface area contributed by atoms with Crippen molar-refractivity contribution in [3.8, 4) is 0 Å². The quantitative estimate of drug-likeness (QED) is 0.756. The van der Waals surface area contributed by atoms with Gasteiger partial charge in [-0.15, -0.1) is 11.3 Å². The van der Waals surface area contributed by atoms with Gasteiger partial charge in [-0.2, -0.15) is 0 Å². The number of hydrogen-bond acceptors (Lipinski definition) is 2. The van der Waals surface area contributed by atoms with Crippen molar-refractivity contribution < 1.29 is 9.90 Å². The fourth-order valence-corrected chi connectivity index (χ4v) is 1.82. The van der Waals surface area contributed by atoms with Crippen LogP contribution in [0.1, 0.15) is 27.9 Å². The summed E-state index contributed by atoms with van der Waals surface area (Å²) < 4.78 is 0. The molecule has 0 saturated carbocycles. The minimum absolute atomic E-state index is 0.438.